The molecule has 2 N–H and O–H groups in total. The first-order valence-corrected chi connectivity index (χ1v) is 9.95. The average molecular weight is 360 g/mol. The second-order valence-corrected chi connectivity index (χ2v) is 7.43. The summed E-state index contributed by atoms with van der Waals surface area (Å²) in [5.41, 5.74) is 1.95. The second-order valence-electron chi connectivity index (χ2n) is 5.75. The van der Waals surface area contributed by atoms with Crippen LogP contribution in [0.1, 0.15) is 42.6 Å². The molecule has 0 saturated heterocycles. The Labute approximate surface area is 149 Å². The molecule has 0 aliphatic carbocycles. The SMILES string of the molecule is CCCCNC(=O)c1ccc(S(=O)(=O)Nc2ccccc2CC)cc1. The average Bonchev–Trinajstić information content (AvgIpc) is 2.62. The van der Waals surface area contributed by atoms with Gasteiger partial charge in [-0.3, -0.25) is 9.52 Å². The molecule has 0 aromatic heterocycles. The molecule has 134 valence electrons. The molecule has 0 fully saturated rings. The minimum atomic E-state index is -3.69. The fourth-order valence-corrected chi connectivity index (χ4v) is 3.50. The molecule has 0 heterocycles. The summed E-state index contributed by atoms with van der Waals surface area (Å²) in [6, 6.07) is 13.3. The molecule has 2 rings (SSSR count). The van der Waals surface area contributed by atoms with Gasteiger partial charge in [0.25, 0.3) is 15.9 Å². The number of amides is 1. The monoisotopic (exact) mass is 360 g/mol. The minimum absolute atomic E-state index is 0.128. The molecule has 0 unspecified atom stereocenters. The van der Waals surface area contributed by atoms with Crippen molar-refractivity contribution in [1.82, 2.24) is 5.32 Å². The number of anilines is 1. The third-order valence-electron chi connectivity index (χ3n) is 3.89. The van der Waals surface area contributed by atoms with Crippen molar-refractivity contribution in [1.29, 1.82) is 0 Å². The highest BCUT2D eigenvalue weighted by Crippen LogP contribution is 2.20. The number of carbonyl (C=O) groups is 1. The number of para-hydroxylation sites is 1. The van der Waals surface area contributed by atoms with E-state index in [2.05, 4.69) is 17.0 Å². The fraction of sp³-hybridized carbons (Fsp3) is 0.316. The van der Waals surface area contributed by atoms with Crippen molar-refractivity contribution in [3.63, 3.8) is 0 Å². The predicted molar refractivity (Wildman–Crippen MR) is 100 cm³/mol. The summed E-state index contributed by atoms with van der Waals surface area (Å²) < 4.78 is 27.7. The third-order valence-corrected chi connectivity index (χ3v) is 5.27. The lowest BCUT2D eigenvalue weighted by Crippen LogP contribution is -2.24. The second kappa shape index (κ2) is 8.67. The Bertz CT molecular complexity index is 815. The summed E-state index contributed by atoms with van der Waals surface area (Å²) in [5.74, 6) is -0.193. The zero-order chi connectivity index (χ0) is 18.3. The number of benzene rings is 2. The summed E-state index contributed by atoms with van der Waals surface area (Å²) in [7, 11) is -3.69. The van der Waals surface area contributed by atoms with Crippen molar-refractivity contribution < 1.29 is 13.2 Å². The van der Waals surface area contributed by atoms with Crippen molar-refractivity contribution in [3.8, 4) is 0 Å². The van der Waals surface area contributed by atoms with Gasteiger partial charge in [-0.25, -0.2) is 8.42 Å². The zero-order valence-corrected chi connectivity index (χ0v) is 15.4. The van der Waals surface area contributed by atoms with Crippen LogP contribution in [0.25, 0.3) is 0 Å². The van der Waals surface area contributed by atoms with E-state index < -0.39 is 10.0 Å². The van der Waals surface area contributed by atoms with Crippen LogP contribution in [0.3, 0.4) is 0 Å². The van der Waals surface area contributed by atoms with E-state index >= 15 is 0 Å². The van der Waals surface area contributed by atoms with Crippen molar-refractivity contribution in [2.75, 3.05) is 11.3 Å². The standard InChI is InChI=1S/C19H24N2O3S/c1-3-5-14-20-19(22)16-10-12-17(13-11-16)25(23,24)21-18-9-7-6-8-15(18)4-2/h6-13,21H,3-5,14H2,1-2H3,(H,20,22). The normalized spacial score (nSPS) is 11.1. The Morgan fingerprint density at radius 1 is 1.00 bits per heavy atom. The molecule has 0 bridgehead atoms. The fourth-order valence-electron chi connectivity index (χ4n) is 2.40. The molecular weight excluding hydrogens is 336 g/mol. The molecule has 0 saturated carbocycles. The number of sulfonamides is 1. The highest BCUT2D eigenvalue weighted by Gasteiger charge is 2.16. The Balaban J connectivity index is 2.13. The predicted octanol–water partition coefficient (Wildman–Crippen LogP) is 3.58. The van der Waals surface area contributed by atoms with E-state index in [9.17, 15) is 13.2 Å². The van der Waals surface area contributed by atoms with Crippen LogP contribution in [0, 0.1) is 0 Å². The van der Waals surface area contributed by atoms with Gasteiger partial charge in [-0.15, -0.1) is 0 Å². The summed E-state index contributed by atoms with van der Waals surface area (Å²) in [4.78, 5) is 12.1. The number of carbonyl (C=O) groups excluding carboxylic acids is 1. The summed E-state index contributed by atoms with van der Waals surface area (Å²) in [5, 5.41) is 2.81. The first-order valence-electron chi connectivity index (χ1n) is 8.47. The molecule has 0 aliphatic rings. The van der Waals surface area contributed by atoms with Crippen LogP contribution in [0.5, 0.6) is 0 Å². The molecule has 5 nitrogen and oxygen atoms in total. The van der Waals surface area contributed by atoms with Crippen molar-refractivity contribution in [3.05, 3.63) is 59.7 Å². The van der Waals surface area contributed by atoms with Gasteiger partial charge in [0.1, 0.15) is 0 Å². The minimum Gasteiger partial charge on any atom is -0.352 e. The molecule has 6 heteroatoms. The van der Waals surface area contributed by atoms with E-state index in [1.54, 1.807) is 12.1 Å². The number of aryl methyl sites for hydroxylation is 1. The van der Waals surface area contributed by atoms with E-state index in [1.165, 1.54) is 24.3 Å². The lowest BCUT2D eigenvalue weighted by Gasteiger charge is -2.12. The molecule has 1 amide bonds. The first-order chi connectivity index (χ1) is 12.0. The highest BCUT2D eigenvalue weighted by molar-refractivity contribution is 7.92. The molecule has 2 aromatic rings. The Morgan fingerprint density at radius 2 is 1.68 bits per heavy atom. The number of unbranched alkanes of at least 4 members (excludes halogenated alkanes) is 1. The van der Waals surface area contributed by atoms with Gasteiger partial charge in [-0.2, -0.15) is 0 Å². The molecular formula is C19H24N2O3S. The van der Waals surface area contributed by atoms with Crippen LogP contribution in [-0.4, -0.2) is 20.9 Å². The van der Waals surface area contributed by atoms with Gasteiger partial charge < -0.3 is 5.32 Å². The lowest BCUT2D eigenvalue weighted by molar-refractivity contribution is 0.0953. The Kier molecular flexibility index (Phi) is 6.58. The van der Waals surface area contributed by atoms with E-state index in [0.717, 1.165) is 24.8 Å². The van der Waals surface area contributed by atoms with Crippen molar-refractivity contribution in [2.45, 2.75) is 38.0 Å². The third kappa shape index (κ3) is 5.06. The van der Waals surface area contributed by atoms with Crippen LogP contribution in [0.2, 0.25) is 0 Å². The molecule has 0 spiro atoms. The zero-order valence-electron chi connectivity index (χ0n) is 14.6. The Morgan fingerprint density at radius 3 is 2.32 bits per heavy atom. The largest absolute Gasteiger partial charge is 0.352 e. The van der Waals surface area contributed by atoms with Gasteiger partial charge in [-0.1, -0.05) is 38.5 Å². The summed E-state index contributed by atoms with van der Waals surface area (Å²) >= 11 is 0. The smallest absolute Gasteiger partial charge is 0.261 e. The van der Waals surface area contributed by atoms with Gasteiger partial charge in [0.2, 0.25) is 0 Å². The Hall–Kier alpha value is -2.34. The van der Waals surface area contributed by atoms with Gasteiger partial charge >= 0.3 is 0 Å². The van der Waals surface area contributed by atoms with Crippen LogP contribution in [-0.2, 0) is 16.4 Å². The molecule has 0 aliphatic heterocycles. The summed E-state index contributed by atoms with van der Waals surface area (Å²) in [6.45, 7) is 4.64. The van der Waals surface area contributed by atoms with Crippen molar-refractivity contribution in [2.24, 2.45) is 0 Å². The van der Waals surface area contributed by atoms with Crippen LogP contribution in [0.4, 0.5) is 5.69 Å². The van der Waals surface area contributed by atoms with Gasteiger partial charge in [0, 0.05) is 12.1 Å². The van der Waals surface area contributed by atoms with Gasteiger partial charge in [0.05, 0.1) is 10.6 Å². The number of nitrogens with one attached hydrogen (secondary N) is 2. The van der Waals surface area contributed by atoms with Gasteiger partial charge in [0.15, 0.2) is 0 Å². The van der Waals surface area contributed by atoms with Crippen molar-refractivity contribution >= 4 is 21.6 Å². The van der Waals surface area contributed by atoms with E-state index in [1.807, 2.05) is 19.1 Å². The maximum Gasteiger partial charge on any atom is 0.261 e. The van der Waals surface area contributed by atoms with Crippen LogP contribution >= 0.6 is 0 Å². The quantitative estimate of drug-likeness (QED) is 0.707. The van der Waals surface area contributed by atoms with E-state index in [0.29, 0.717) is 17.8 Å². The summed E-state index contributed by atoms with van der Waals surface area (Å²) in [6.07, 6.45) is 2.65. The number of hydrogen-bond acceptors (Lipinski definition) is 3. The van der Waals surface area contributed by atoms with E-state index in [-0.39, 0.29) is 10.8 Å². The number of rotatable bonds is 8. The highest BCUT2D eigenvalue weighted by atomic mass is 32.2. The molecule has 2 aromatic carbocycles. The topological polar surface area (TPSA) is 75.3 Å². The lowest BCUT2D eigenvalue weighted by atomic mass is 10.1. The first kappa shape index (κ1) is 19.0. The molecule has 0 atom stereocenters. The van der Waals surface area contributed by atoms with Crippen LogP contribution < -0.4 is 10.0 Å². The maximum atomic E-state index is 12.6. The number of hydrogen-bond donors (Lipinski definition) is 2. The maximum absolute atomic E-state index is 12.6. The van der Waals surface area contributed by atoms with E-state index in [4.69, 9.17) is 0 Å². The van der Waals surface area contributed by atoms with Crippen LogP contribution in [0.15, 0.2) is 53.4 Å². The van der Waals surface area contributed by atoms with Gasteiger partial charge in [-0.05, 0) is 48.7 Å². The molecule has 0 radical (unpaired) electrons. The molecule has 25 heavy (non-hydrogen) atoms.